The summed E-state index contributed by atoms with van der Waals surface area (Å²) in [5.41, 5.74) is 2.45. The van der Waals surface area contributed by atoms with Gasteiger partial charge in [0.2, 0.25) is 0 Å². The molecule has 6 nitrogen and oxygen atoms in total. The van der Waals surface area contributed by atoms with Crippen LogP contribution in [0.3, 0.4) is 0 Å². The zero-order valence-corrected chi connectivity index (χ0v) is 16.2. The number of anilines is 1. The summed E-state index contributed by atoms with van der Waals surface area (Å²) in [5, 5.41) is 14.6. The normalized spacial score (nSPS) is 14.6. The lowest BCUT2D eigenvalue weighted by atomic mass is 10.00. The third-order valence-electron chi connectivity index (χ3n) is 4.57. The Morgan fingerprint density at radius 2 is 1.68 bits per heavy atom. The van der Waals surface area contributed by atoms with Crippen molar-refractivity contribution in [1.29, 1.82) is 0 Å². The molecule has 7 heteroatoms. The number of halogens is 1. The Morgan fingerprint density at radius 3 is 2.39 bits per heavy atom. The van der Waals surface area contributed by atoms with Gasteiger partial charge in [0.15, 0.2) is 6.61 Å². The summed E-state index contributed by atoms with van der Waals surface area (Å²) in [6, 6.07) is 21.5. The number of carboxylic acids is 1. The number of rotatable bonds is 6. The number of aliphatic carboxylic acids is 1. The van der Waals surface area contributed by atoms with Gasteiger partial charge >= 0.3 is 5.97 Å². The van der Waals surface area contributed by atoms with Gasteiger partial charge in [-0.2, -0.15) is 10.1 Å². The number of amides is 1. The highest BCUT2D eigenvalue weighted by Gasteiger charge is 2.32. The Hall–Kier alpha value is -4.26. The minimum atomic E-state index is -1.10. The first-order valence-corrected chi connectivity index (χ1v) is 9.42. The molecule has 1 aliphatic rings. The fourth-order valence-electron chi connectivity index (χ4n) is 3.14. The molecule has 0 bridgehead atoms. The van der Waals surface area contributed by atoms with Gasteiger partial charge < -0.3 is 9.84 Å². The second-order valence-electron chi connectivity index (χ2n) is 6.69. The molecular formula is C24H17FN2O4. The van der Waals surface area contributed by atoms with E-state index >= 15 is 0 Å². The van der Waals surface area contributed by atoms with E-state index in [9.17, 15) is 14.0 Å². The lowest BCUT2D eigenvalue weighted by molar-refractivity contribution is -0.139. The van der Waals surface area contributed by atoms with E-state index in [1.807, 2.05) is 30.3 Å². The van der Waals surface area contributed by atoms with Crippen LogP contribution in [0.25, 0.3) is 6.08 Å². The van der Waals surface area contributed by atoms with Crippen molar-refractivity contribution in [2.45, 2.75) is 0 Å². The predicted molar refractivity (Wildman–Crippen MR) is 114 cm³/mol. The van der Waals surface area contributed by atoms with Gasteiger partial charge in [-0.3, -0.25) is 4.79 Å². The molecule has 0 aromatic heterocycles. The van der Waals surface area contributed by atoms with E-state index in [0.717, 1.165) is 5.56 Å². The van der Waals surface area contributed by atoms with Gasteiger partial charge in [0.1, 0.15) is 17.3 Å². The van der Waals surface area contributed by atoms with Gasteiger partial charge in [-0.05, 0) is 36.4 Å². The molecule has 0 saturated heterocycles. The highest BCUT2D eigenvalue weighted by molar-refractivity contribution is 6.37. The maximum atomic E-state index is 13.3. The van der Waals surface area contributed by atoms with Gasteiger partial charge in [0.25, 0.3) is 5.91 Å². The molecule has 1 amide bonds. The first kappa shape index (κ1) is 20.0. The van der Waals surface area contributed by atoms with Crippen LogP contribution in [-0.4, -0.2) is 29.3 Å². The van der Waals surface area contributed by atoms with Gasteiger partial charge in [-0.25, -0.2) is 9.18 Å². The second-order valence-corrected chi connectivity index (χ2v) is 6.69. The number of hydrazone groups is 1. The number of ether oxygens (including phenoxy) is 1. The van der Waals surface area contributed by atoms with Gasteiger partial charge in [0.05, 0.1) is 11.3 Å². The minimum absolute atomic E-state index is 0.307. The first-order valence-electron chi connectivity index (χ1n) is 9.42. The smallest absolute Gasteiger partial charge is 0.341 e. The van der Waals surface area contributed by atoms with E-state index in [1.165, 1.54) is 29.3 Å². The second kappa shape index (κ2) is 8.62. The summed E-state index contributed by atoms with van der Waals surface area (Å²) >= 11 is 0. The zero-order chi connectivity index (χ0) is 21.8. The average Bonchev–Trinajstić information content (AvgIpc) is 3.10. The monoisotopic (exact) mass is 416 g/mol. The SMILES string of the molecule is O=C(O)COc1ccccc1/C=C1\C(=O)N(c2ccc(F)cc2)N=C1c1ccccc1. The summed E-state index contributed by atoms with van der Waals surface area (Å²) < 4.78 is 18.7. The molecule has 3 aromatic carbocycles. The fraction of sp³-hybridized carbons (Fsp3) is 0.0417. The highest BCUT2D eigenvalue weighted by atomic mass is 19.1. The van der Waals surface area contributed by atoms with Crippen LogP contribution in [0, 0.1) is 5.82 Å². The standard InChI is InChI=1S/C24H17FN2O4/c25-18-10-12-19(13-11-18)27-24(30)20(23(26-27)16-6-2-1-3-7-16)14-17-8-4-5-9-21(17)31-15-22(28)29/h1-14H,15H2,(H,28,29)/b20-14-. The number of nitrogens with zero attached hydrogens (tertiary/aromatic N) is 2. The van der Waals surface area contributed by atoms with Crippen LogP contribution in [0.15, 0.2) is 89.5 Å². The molecule has 0 spiro atoms. The Balaban J connectivity index is 1.79. The third-order valence-corrected chi connectivity index (χ3v) is 4.57. The highest BCUT2D eigenvalue weighted by Crippen LogP contribution is 2.30. The Bertz CT molecular complexity index is 1190. The van der Waals surface area contributed by atoms with Crippen LogP contribution in [0.1, 0.15) is 11.1 Å². The molecule has 0 unspecified atom stereocenters. The Labute approximate surface area is 177 Å². The van der Waals surface area contributed by atoms with E-state index < -0.39 is 24.3 Å². The number of hydrogen-bond donors (Lipinski definition) is 1. The summed E-state index contributed by atoms with van der Waals surface area (Å²) in [6.07, 6.45) is 1.62. The van der Waals surface area contributed by atoms with Gasteiger partial charge in [-0.15, -0.1) is 0 Å². The van der Waals surface area contributed by atoms with Crippen molar-refractivity contribution >= 4 is 29.4 Å². The molecule has 0 atom stereocenters. The van der Waals surface area contributed by atoms with Crippen molar-refractivity contribution in [1.82, 2.24) is 0 Å². The quantitative estimate of drug-likeness (QED) is 0.613. The lowest BCUT2D eigenvalue weighted by Crippen LogP contribution is -2.21. The molecule has 31 heavy (non-hydrogen) atoms. The molecule has 154 valence electrons. The molecule has 0 saturated carbocycles. The fourth-order valence-corrected chi connectivity index (χ4v) is 3.14. The van der Waals surface area contributed by atoms with Crippen LogP contribution in [-0.2, 0) is 9.59 Å². The molecule has 1 N–H and O–H groups in total. The van der Waals surface area contributed by atoms with E-state index in [0.29, 0.717) is 28.3 Å². The summed E-state index contributed by atoms with van der Waals surface area (Å²) in [6.45, 7) is -0.504. The van der Waals surface area contributed by atoms with Crippen molar-refractivity contribution < 1.29 is 23.8 Å². The molecule has 0 aliphatic carbocycles. The predicted octanol–water partition coefficient (Wildman–Crippen LogP) is 4.12. The molecule has 1 heterocycles. The molecule has 0 radical (unpaired) electrons. The number of benzene rings is 3. The molecule has 3 aromatic rings. The average molecular weight is 416 g/mol. The summed E-state index contributed by atoms with van der Waals surface area (Å²) in [5.74, 6) is -1.58. The molecule has 0 fully saturated rings. The Morgan fingerprint density at radius 1 is 1.00 bits per heavy atom. The number of carbonyl (C=O) groups excluding carboxylic acids is 1. The third kappa shape index (κ3) is 4.35. The van der Waals surface area contributed by atoms with Gasteiger partial charge in [-0.1, -0.05) is 48.5 Å². The number of para-hydroxylation sites is 1. The van der Waals surface area contributed by atoms with E-state index in [-0.39, 0.29) is 0 Å². The van der Waals surface area contributed by atoms with Crippen LogP contribution in [0.4, 0.5) is 10.1 Å². The van der Waals surface area contributed by atoms with Crippen molar-refractivity contribution in [2.24, 2.45) is 5.10 Å². The minimum Gasteiger partial charge on any atom is -0.481 e. The molecular weight excluding hydrogens is 399 g/mol. The number of hydrogen-bond acceptors (Lipinski definition) is 4. The molecule has 1 aliphatic heterocycles. The zero-order valence-electron chi connectivity index (χ0n) is 16.2. The van der Waals surface area contributed by atoms with Crippen LogP contribution in [0.2, 0.25) is 0 Å². The maximum Gasteiger partial charge on any atom is 0.341 e. The summed E-state index contributed by atoms with van der Waals surface area (Å²) in [4.78, 5) is 24.2. The first-order chi connectivity index (χ1) is 15.0. The van der Waals surface area contributed by atoms with E-state index in [2.05, 4.69) is 5.10 Å². The van der Waals surface area contributed by atoms with Crippen LogP contribution >= 0.6 is 0 Å². The van der Waals surface area contributed by atoms with Crippen molar-refractivity contribution in [3.05, 3.63) is 101 Å². The van der Waals surface area contributed by atoms with E-state index in [1.54, 1.807) is 30.3 Å². The van der Waals surface area contributed by atoms with Crippen molar-refractivity contribution in [3.8, 4) is 5.75 Å². The number of carboxylic acid groups (broad SMARTS) is 1. The topological polar surface area (TPSA) is 79.2 Å². The van der Waals surface area contributed by atoms with Crippen LogP contribution in [0.5, 0.6) is 5.75 Å². The van der Waals surface area contributed by atoms with Crippen LogP contribution < -0.4 is 9.75 Å². The molecule has 4 rings (SSSR count). The van der Waals surface area contributed by atoms with Crippen molar-refractivity contribution in [3.63, 3.8) is 0 Å². The van der Waals surface area contributed by atoms with Gasteiger partial charge in [0, 0.05) is 11.1 Å². The lowest BCUT2D eigenvalue weighted by Gasteiger charge is -2.11. The van der Waals surface area contributed by atoms with Crippen molar-refractivity contribution in [2.75, 3.05) is 11.6 Å². The number of carbonyl (C=O) groups is 2. The summed E-state index contributed by atoms with van der Waals surface area (Å²) in [7, 11) is 0. The van der Waals surface area contributed by atoms with E-state index in [4.69, 9.17) is 9.84 Å². The Kier molecular flexibility index (Phi) is 5.57. The maximum absolute atomic E-state index is 13.3. The largest absolute Gasteiger partial charge is 0.481 e.